The molecule has 1 aromatic carbocycles. The SMILES string of the molecule is CC(C)[C@H](O)CS(=O)(=O)c1ccccc1. The second kappa shape index (κ2) is 4.77. The highest BCUT2D eigenvalue weighted by atomic mass is 32.2. The Morgan fingerprint density at radius 3 is 2.20 bits per heavy atom. The highest BCUT2D eigenvalue weighted by molar-refractivity contribution is 7.91. The highest BCUT2D eigenvalue weighted by Crippen LogP contribution is 2.14. The van der Waals surface area contributed by atoms with Gasteiger partial charge in [-0.1, -0.05) is 32.0 Å². The fraction of sp³-hybridized carbons (Fsp3) is 0.455. The molecule has 1 rings (SSSR count). The molecule has 0 aliphatic rings. The van der Waals surface area contributed by atoms with Crippen molar-refractivity contribution in [2.24, 2.45) is 5.92 Å². The summed E-state index contributed by atoms with van der Waals surface area (Å²) in [5, 5.41) is 9.54. The van der Waals surface area contributed by atoms with E-state index in [0.717, 1.165) is 0 Å². The van der Waals surface area contributed by atoms with Crippen LogP contribution in [0.5, 0.6) is 0 Å². The first-order valence-corrected chi connectivity index (χ1v) is 6.54. The Balaban J connectivity index is 2.86. The second-order valence-electron chi connectivity index (χ2n) is 3.91. The van der Waals surface area contributed by atoms with E-state index in [1.807, 2.05) is 0 Å². The van der Waals surface area contributed by atoms with Crippen molar-refractivity contribution in [1.29, 1.82) is 0 Å². The summed E-state index contributed by atoms with van der Waals surface area (Å²) in [6.07, 6.45) is -0.810. The van der Waals surface area contributed by atoms with Crippen molar-refractivity contribution in [2.45, 2.75) is 24.8 Å². The molecular weight excluding hydrogens is 212 g/mol. The van der Waals surface area contributed by atoms with Crippen LogP contribution in [0.3, 0.4) is 0 Å². The standard InChI is InChI=1S/C11H16O3S/c1-9(2)11(12)8-15(13,14)10-6-4-3-5-7-10/h3-7,9,11-12H,8H2,1-2H3/t11-/m1/s1. The Labute approximate surface area is 90.7 Å². The lowest BCUT2D eigenvalue weighted by molar-refractivity contribution is 0.147. The van der Waals surface area contributed by atoms with Crippen LogP contribution in [0, 0.1) is 5.92 Å². The summed E-state index contributed by atoms with van der Waals surface area (Å²) < 4.78 is 23.6. The van der Waals surface area contributed by atoms with E-state index in [-0.39, 0.29) is 16.6 Å². The Hall–Kier alpha value is -0.870. The van der Waals surface area contributed by atoms with Crippen LogP contribution < -0.4 is 0 Å². The molecule has 0 saturated carbocycles. The summed E-state index contributed by atoms with van der Waals surface area (Å²) in [6, 6.07) is 8.20. The van der Waals surface area contributed by atoms with Crippen molar-refractivity contribution in [3.63, 3.8) is 0 Å². The van der Waals surface area contributed by atoms with Crippen LogP contribution in [0.2, 0.25) is 0 Å². The molecule has 15 heavy (non-hydrogen) atoms. The monoisotopic (exact) mass is 228 g/mol. The van der Waals surface area contributed by atoms with Gasteiger partial charge in [-0.3, -0.25) is 0 Å². The molecule has 0 amide bonds. The van der Waals surface area contributed by atoms with E-state index >= 15 is 0 Å². The summed E-state index contributed by atoms with van der Waals surface area (Å²) >= 11 is 0. The van der Waals surface area contributed by atoms with Crippen LogP contribution in [0.4, 0.5) is 0 Å². The number of aliphatic hydroxyl groups excluding tert-OH is 1. The number of sulfone groups is 1. The molecule has 1 aromatic rings. The van der Waals surface area contributed by atoms with Gasteiger partial charge in [0.05, 0.1) is 16.8 Å². The number of aliphatic hydroxyl groups is 1. The average molecular weight is 228 g/mol. The first kappa shape index (κ1) is 12.2. The molecular formula is C11H16O3S. The Morgan fingerprint density at radius 1 is 1.20 bits per heavy atom. The zero-order valence-electron chi connectivity index (χ0n) is 8.92. The van der Waals surface area contributed by atoms with Gasteiger partial charge >= 0.3 is 0 Å². The molecule has 0 fully saturated rings. The first-order chi connectivity index (χ1) is 6.93. The van der Waals surface area contributed by atoms with Crippen LogP contribution in [-0.4, -0.2) is 25.4 Å². The van der Waals surface area contributed by atoms with Crippen molar-refractivity contribution in [3.05, 3.63) is 30.3 Å². The van der Waals surface area contributed by atoms with Gasteiger partial charge in [0.15, 0.2) is 9.84 Å². The average Bonchev–Trinajstić information content (AvgIpc) is 2.18. The molecule has 1 atom stereocenters. The normalized spacial score (nSPS) is 14.1. The molecule has 0 bridgehead atoms. The van der Waals surface area contributed by atoms with Crippen LogP contribution in [-0.2, 0) is 9.84 Å². The lowest BCUT2D eigenvalue weighted by Gasteiger charge is -2.14. The van der Waals surface area contributed by atoms with E-state index in [1.165, 1.54) is 0 Å². The molecule has 0 spiro atoms. The molecule has 0 aliphatic heterocycles. The summed E-state index contributed by atoms with van der Waals surface area (Å²) in [5.41, 5.74) is 0. The van der Waals surface area contributed by atoms with Crippen molar-refractivity contribution in [2.75, 3.05) is 5.75 Å². The molecule has 0 aliphatic carbocycles. The minimum atomic E-state index is -3.35. The van der Waals surface area contributed by atoms with Crippen LogP contribution in [0.1, 0.15) is 13.8 Å². The van der Waals surface area contributed by atoms with Gasteiger partial charge in [0, 0.05) is 0 Å². The summed E-state index contributed by atoms with van der Waals surface area (Å²) in [5.74, 6) is -0.266. The van der Waals surface area contributed by atoms with E-state index < -0.39 is 15.9 Å². The van der Waals surface area contributed by atoms with Gasteiger partial charge in [-0.25, -0.2) is 8.42 Å². The number of benzene rings is 1. The van der Waals surface area contributed by atoms with E-state index in [1.54, 1.807) is 44.2 Å². The third-order valence-corrected chi connectivity index (χ3v) is 4.03. The van der Waals surface area contributed by atoms with Crippen molar-refractivity contribution >= 4 is 9.84 Å². The van der Waals surface area contributed by atoms with Crippen molar-refractivity contribution in [3.8, 4) is 0 Å². The van der Waals surface area contributed by atoms with Crippen LogP contribution >= 0.6 is 0 Å². The molecule has 84 valence electrons. The molecule has 1 N–H and O–H groups in total. The second-order valence-corrected chi connectivity index (χ2v) is 5.94. The first-order valence-electron chi connectivity index (χ1n) is 4.89. The predicted molar refractivity (Wildman–Crippen MR) is 59.3 cm³/mol. The molecule has 4 heteroatoms. The molecule has 3 nitrogen and oxygen atoms in total. The lowest BCUT2D eigenvalue weighted by atomic mass is 10.1. The number of hydrogen-bond donors (Lipinski definition) is 1. The smallest absolute Gasteiger partial charge is 0.180 e. The van der Waals surface area contributed by atoms with Crippen molar-refractivity contribution in [1.82, 2.24) is 0 Å². The zero-order chi connectivity index (χ0) is 11.5. The van der Waals surface area contributed by atoms with E-state index in [9.17, 15) is 13.5 Å². The highest BCUT2D eigenvalue weighted by Gasteiger charge is 2.21. The lowest BCUT2D eigenvalue weighted by Crippen LogP contribution is -2.25. The molecule has 0 heterocycles. The van der Waals surface area contributed by atoms with E-state index in [4.69, 9.17) is 0 Å². The fourth-order valence-electron chi connectivity index (χ4n) is 1.14. The summed E-state index contributed by atoms with van der Waals surface area (Å²) in [7, 11) is -3.35. The molecule has 0 saturated heterocycles. The number of rotatable bonds is 4. The minimum absolute atomic E-state index is 0.0523. The maximum absolute atomic E-state index is 11.8. The molecule has 0 aromatic heterocycles. The third-order valence-electron chi connectivity index (χ3n) is 2.26. The Kier molecular flexibility index (Phi) is 3.88. The van der Waals surface area contributed by atoms with Crippen LogP contribution in [0.15, 0.2) is 35.2 Å². The van der Waals surface area contributed by atoms with Gasteiger partial charge in [-0.2, -0.15) is 0 Å². The topological polar surface area (TPSA) is 54.4 Å². The quantitative estimate of drug-likeness (QED) is 0.849. The van der Waals surface area contributed by atoms with Gasteiger partial charge in [-0.15, -0.1) is 0 Å². The predicted octanol–water partition coefficient (Wildman–Crippen LogP) is 1.48. The Morgan fingerprint density at radius 2 is 1.73 bits per heavy atom. The van der Waals surface area contributed by atoms with Crippen LogP contribution in [0.25, 0.3) is 0 Å². The maximum Gasteiger partial charge on any atom is 0.180 e. The van der Waals surface area contributed by atoms with E-state index in [0.29, 0.717) is 0 Å². The fourth-order valence-corrected chi connectivity index (χ4v) is 2.74. The summed E-state index contributed by atoms with van der Waals surface area (Å²) in [6.45, 7) is 3.59. The van der Waals surface area contributed by atoms with Crippen molar-refractivity contribution < 1.29 is 13.5 Å². The molecule has 0 radical (unpaired) electrons. The van der Waals surface area contributed by atoms with Gasteiger partial charge in [-0.05, 0) is 18.1 Å². The van der Waals surface area contributed by atoms with E-state index in [2.05, 4.69) is 0 Å². The minimum Gasteiger partial charge on any atom is -0.392 e. The third kappa shape index (κ3) is 3.32. The summed E-state index contributed by atoms with van der Waals surface area (Å²) in [4.78, 5) is 0.268. The molecule has 0 unspecified atom stereocenters. The Bertz CT molecular complexity index is 395. The van der Waals surface area contributed by atoms with Gasteiger partial charge in [0.2, 0.25) is 0 Å². The maximum atomic E-state index is 11.8. The largest absolute Gasteiger partial charge is 0.392 e. The van der Waals surface area contributed by atoms with Gasteiger partial charge in [0.1, 0.15) is 0 Å². The number of hydrogen-bond acceptors (Lipinski definition) is 3. The van der Waals surface area contributed by atoms with Gasteiger partial charge in [0.25, 0.3) is 0 Å². The zero-order valence-corrected chi connectivity index (χ0v) is 9.74. The van der Waals surface area contributed by atoms with Gasteiger partial charge < -0.3 is 5.11 Å².